The van der Waals surface area contributed by atoms with Crippen LogP contribution in [0, 0.1) is 17.3 Å². The molecule has 24 heavy (non-hydrogen) atoms. The van der Waals surface area contributed by atoms with E-state index in [1.54, 1.807) is 0 Å². The molecule has 1 heterocycles. The van der Waals surface area contributed by atoms with Crippen LogP contribution in [0.15, 0.2) is 0 Å². The average Bonchev–Trinajstić information content (AvgIpc) is 2.52. The maximum atomic E-state index is 12.8. The van der Waals surface area contributed by atoms with Crippen molar-refractivity contribution in [2.75, 3.05) is 26.2 Å². The molecular formula is C20H36N2O2. The highest BCUT2D eigenvalue weighted by atomic mass is 16.2. The lowest BCUT2D eigenvalue weighted by atomic mass is 9.73. The lowest BCUT2D eigenvalue weighted by Crippen LogP contribution is -2.55. The molecule has 2 rings (SSSR count). The van der Waals surface area contributed by atoms with Gasteiger partial charge in [-0.1, -0.05) is 20.8 Å². The van der Waals surface area contributed by atoms with Gasteiger partial charge in [-0.25, -0.2) is 0 Å². The number of Topliss-reactive ketones (excluding diaryl/α,β-unsaturated/α-hetero) is 1. The van der Waals surface area contributed by atoms with E-state index in [-0.39, 0.29) is 22.8 Å². The molecule has 0 atom stereocenters. The molecule has 2 aliphatic rings. The summed E-state index contributed by atoms with van der Waals surface area (Å²) in [6.07, 6.45) is 3.53. The van der Waals surface area contributed by atoms with E-state index in [2.05, 4.69) is 30.6 Å². The first kappa shape index (κ1) is 19.4. The fourth-order valence-corrected chi connectivity index (χ4v) is 4.07. The van der Waals surface area contributed by atoms with Crippen molar-refractivity contribution in [2.45, 2.75) is 72.8 Å². The standard InChI is InChI=1S/C20H36N2O2/c1-19(2,3)17(23)15-7-9-16(10-8-15)18(24)21-11-13-22(14-12-21)20(4,5)6/h15-16H,7-14H2,1-6H3. The lowest BCUT2D eigenvalue weighted by Gasteiger charge is -2.43. The highest BCUT2D eigenvalue weighted by molar-refractivity contribution is 5.86. The quantitative estimate of drug-likeness (QED) is 0.776. The highest BCUT2D eigenvalue weighted by Gasteiger charge is 2.37. The topological polar surface area (TPSA) is 40.6 Å². The van der Waals surface area contributed by atoms with Gasteiger partial charge in [-0.2, -0.15) is 0 Å². The predicted molar refractivity (Wildman–Crippen MR) is 97.8 cm³/mol. The maximum Gasteiger partial charge on any atom is 0.225 e. The summed E-state index contributed by atoms with van der Waals surface area (Å²) in [5, 5.41) is 0. The second kappa shape index (κ2) is 7.15. The van der Waals surface area contributed by atoms with E-state index in [4.69, 9.17) is 0 Å². The molecule has 1 aliphatic carbocycles. The van der Waals surface area contributed by atoms with E-state index in [0.29, 0.717) is 11.7 Å². The van der Waals surface area contributed by atoms with Gasteiger partial charge in [0.15, 0.2) is 0 Å². The number of nitrogens with zero attached hydrogens (tertiary/aromatic N) is 2. The van der Waals surface area contributed by atoms with E-state index < -0.39 is 0 Å². The molecule has 0 aromatic heterocycles. The van der Waals surface area contributed by atoms with Gasteiger partial charge >= 0.3 is 0 Å². The van der Waals surface area contributed by atoms with Crippen molar-refractivity contribution in [2.24, 2.45) is 17.3 Å². The molecule has 0 unspecified atom stereocenters. The molecule has 0 bridgehead atoms. The molecule has 0 radical (unpaired) electrons. The van der Waals surface area contributed by atoms with Crippen LogP contribution in [0.5, 0.6) is 0 Å². The Hall–Kier alpha value is -0.900. The van der Waals surface area contributed by atoms with E-state index >= 15 is 0 Å². The molecule has 0 spiro atoms. The number of carbonyl (C=O) groups excluding carboxylic acids is 2. The molecule has 1 aliphatic heterocycles. The van der Waals surface area contributed by atoms with Crippen LogP contribution in [0.25, 0.3) is 0 Å². The van der Waals surface area contributed by atoms with Gasteiger partial charge in [-0.3, -0.25) is 14.5 Å². The maximum absolute atomic E-state index is 12.8. The monoisotopic (exact) mass is 336 g/mol. The zero-order valence-electron chi connectivity index (χ0n) is 16.5. The van der Waals surface area contributed by atoms with Crippen molar-refractivity contribution in [1.82, 2.24) is 9.80 Å². The van der Waals surface area contributed by atoms with Crippen molar-refractivity contribution in [1.29, 1.82) is 0 Å². The van der Waals surface area contributed by atoms with Crippen LogP contribution in [-0.4, -0.2) is 53.2 Å². The Kier molecular flexibility index (Phi) is 5.79. The molecule has 1 saturated carbocycles. The van der Waals surface area contributed by atoms with Gasteiger partial charge < -0.3 is 4.90 Å². The summed E-state index contributed by atoms with van der Waals surface area (Å²) in [4.78, 5) is 29.7. The molecule has 4 nitrogen and oxygen atoms in total. The molecule has 1 amide bonds. The molecule has 0 aromatic rings. The summed E-state index contributed by atoms with van der Waals surface area (Å²) < 4.78 is 0. The molecule has 4 heteroatoms. The van der Waals surface area contributed by atoms with Gasteiger partial charge in [-0.05, 0) is 46.5 Å². The fourth-order valence-electron chi connectivity index (χ4n) is 4.07. The van der Waals surface area contributed by atoms with Gasteiger partial charge in [0.2, 0.25) is 5.91 Å². The zero-order valence-corrected chi connectivity index (χ0v) is 16.5. The van der Waals surface area contributed by atoms with E-state index in [9.17, 15) is 9.59 Å². The highest BCUT2D eigenvalue weighted by Crippen LogP contribution is 2.35. The van der Waals surface area contributed by atoms with Crippen molar-refractivity contribution >= 4 is 11.7 Å². The summed E-state index contributed by atoms with van der Waals surface area (Å²) in [5.41, 5.74) is -0.0781. The number of piperazine rings is 1. The third-order valence-corrected chi connectivity index (χ3v) is 5.73. The summed E-state index contributed by atoms with van der Waals surface area (Å²) in [7, 11) is 0. The van der Waals surface area contributed by atoms with Crippen LogP contribution in [0.2, 0.25) is 0 Å². The van der Waals surface area contributed by atoms with Crippen LogP contribution in [-0.2, 0) is 9.59 Å². The predicted octanol–water partition coefficient (Wildman–Crippen LogP) is 3.35. The summed E-state index contributed by atoms with van der Waals surface area (Å²) >= 11 is 0. The fraction of sp³-hybridized carbons (Fsp3) is 0.900. The third-order valence-electron chi connectivity index (χ3n) is 5.73. The molecule has 138 valence electrons. The minimum Gasteiger partial charge on any atom is -0.340 e. The number of carbonyl (C=O) groups is 2. The Balaban J connectivity index is 1.83. The zero-order chi connectivity index (χ0) is 18.1. The van der Waals surface area contributed by atoms with Crippen LogP contribution < -0.4 is 0 Å². The molecule has 0 aromatic carbocycles. The van der Waals surface area contributed by atoms with Gasteiger partial charge in [-0.15, -0.1) is 0 Å². The Labute approximate surface area is 148 Å². The van der Waals surface area contributed by atoms with Crippen LogP contribution in [0.4, 0.5) is 0 Å². The molecule has 0 N–H and O–H groups in total. The first-order valence-electron chi connectivity index (χ1n) is 9.58. The SMILES string of the molecule is CC(C)(C)C(=O)C1CCC(C(=O)N2CCN(C(C)(C)C)CC2)CC1. The van der Waals surface area contributed by atoms with Crippen LogP contribution in [0.3, 0.4) is 0 Å². The van der Waals surface area contributed by atoms with Crippen molar-refractivity contribution in [3.63, 3.8) is 0 Å². The Morgan fingerprint density at radius 2 is 1.21 bits per heavy atom. The Bertz CT molecular complexity index is 457. The number of hydrogen-bond donors (Lipinski definition) is 0. The second-order valence-electron chi connectivity index (χ2n) is 9.65. The van der Waals surface area contributed by atoms with Crippen molar-refractivity contribution < 1.29 is 9.59 Å². The largest absolute Gasteiger partial charge is 0.340 e. The first-order chi connectivity index (χ1) is 11.0. The number of amides is 1. The molecular weight excluding hydrogens is 300 g/mol. The second-order valence-corrected chi connectivity index (χ2v) is 9.65. The minimum absolute atomic E-state index is 0.134. The Morgan fingerprint density at radius 1 is 0.750 bits per heavy atom. The lowest BCUT2D eigenvalue weighted by molar-refractivity contribution is -0.141. The van der Waals surface area contributed by atoms with Gasteiger partial charge in [0.25, 0.3) is 0 Å². The molecule has 2 fully saturated rings. The van der Waals surface area contributed by atoms with E-state index in [0.717, 1.165) is 51.9 Å². The van der Waals surface area contributed by atoms with Gasteiger partial charge in [0, 0.05) is 49.0 Å². The summed E-state index contributed by atoms with van der Waals surface area (Å²) in [6.45, 7) is 16.3. The third kappa shape index (κ3) is 4.59. The number of rotatable bonds is 2. The summed E-state index contributed by atoms with van der Waals surface area (Å²) in [5.74, 6) is 0.986. The van der Waals surface area contributed by atoms with Crippen molar-refractivity contribution in [3.8, 4) is 0 Å². The number of hydrogen-bond acceptors (Lipinski definition) is 3. The van der Waals surface area contributed by atoms with Crippen LogP contribution >= 0.6 is 0 Å². The smallest absolute Gasteiger partial charge is 0.225 e. The normalized spacial score (nSPS) is 27.2. The van der Waals surface area contributed by atoms with E-state index in [1.807, 2.05) is 20.8 Å². The van der Waals surface area contributed by atoms with Gasteiger partial charge in [0.1, 0.15) is 5.78 Å². The summed E-state index contributed by atoms with van der Waals surface area (Å²) in [6, 6.07) is 0. The Morgan fingerprint density at radius 3 is 1.62 bits per heavy atom. The van der Waals surface area contributed by atoms with Crippen LogP contribution in [0.1, 0.15) is 67.2 Å². The van der Waals surface area contributed by atoms with Crippen molar-refractivity contribution in [3.05, 3.63) is 0 Å². The minimum atomic E-state index is -0.259. The number of ketones is 1. The first-order valence-corrected chi connectivity index (χ1v) is 9.58. The average molecular weight is 337 g/mol. The molecule has 1 saturated heterocycles. The van der Waals surface area contributed by atoms with E-state index in [1.165, 1.54) is 0 Å². The van der Waals surface area contributed by atoms with Gasteiger partial charge in [0.05, 0.1) is 0 Å².